The molecule has 1 unspecified atom stereocenters. The third-order valence-electron chi connectivity index (χ3n) is 5.13. The molecule has 2 aromatic rings. The Morgan fingerprint density at radius 3 is 2.52 bits per heavy atom. The van der Waals surface area contributed by atoms with E-state index in [-0.39, 0.29) is 17.6 Å². The molecule has 0 aromatic carbocycles. The fourth-order valence-corrected chi connectivity index (χ4v) is 3.28. The van der Waals surface area contributed by atoms with Crippen LogP contribution in [-0.2, 0) is 10.9 Å². The number of carboxylic acids is 1. The lowest BCUT2D eigenvalue weighted by Crippen LogP contribution is -2.44. The highest BCUT2D eigenvalue weighted by molar-refractivity contribution is 5.85. The first kappa shape index (κ1) is 24.6. The van der Waals surface area contributed by atoms with E-state index in [9.17, 15) is 18.0 Å². The van der Waals surface area contributed by atoms with Crippen LogP contribution in [0.15, 0.2) is 24.5 Å². The molecule has 0 spiro atoms. The maximum atomic E-state index is 12.4. The Morgan fingerprint density at radius 1 is 1.18 bits per heavy atom. The summed E-state index contributed by atoms with van der Waals surface area (Å²) in [7, 11) is 2.08. The van der Waals surface area contributed by atoms with Crippen LogP contribution < -0.4 is 10.2 Å². The Hall–Kier alpha value is -3.06. The van der Waals surface area contributed by atoms with Crippen LogP contribution in [0.25, 0.3) is 0 Å². The molecule has 33 heavy (non-hydrogen) atoms. The first-order valence-electron chi connectivity index (χ1n) is 10.5. The van der Waals surface area contributed by atoms with E-state index >= 15 is 0 Å². The second-order valence-corrected chi connectivity index (χ2v) is 7.72. The number of carbonyl (C=O) groups is 1. The zero-order valence-corrected chi connectivity index (χ0v) is 18.1. The number of piperazine rings is 1. The summed E-state index contributed by atoms with van der Waals surface area (Å²) in [5.74, 6) is -0.161. The number of nitrogens with one attached hydrogen (secondary N) is 1. The summed E-state index contributed by atoms with van der Waals surface area (Å²) in [5.41, 5.74) is -1.00. The predicted octanol–water partition coefficient (Wildman–Crippen LogP) is 2.01. The van der Waals surface area contributed by atoms with E-state index in [1.165, 1.54) is 12.3 Å². The minimum Gasteiger partial charge on any atom is -0.476 e. The number of hydrogen-bond donors (Lipinski definition) is 2. The Morgan fingerprint density at radius 2 is 1.94 bits per heavy atom. The molecule has 1 atom stereocenters. The molecular weight excluding hydrogens is 443 g/mol. The van der Waals surface area contributed by atoms with Crippen molar-refractivity contribution in [2.24, 2.45) is 0 Å². The number of halogens is 3. The van der Waals surface area contributed by atoms with Crippen LogP contribution in [0.1, 0.15) is 29.0 Å². The van der Waals surface area contributed by atoms with Gasteiger partial charge in [0.2, 0.25) is 0 Å². The maximum Gasteiger partial charge on any atom is 0.434 e. The molecule has 2 aromatic heterocycles. The molecule has 2 fully saturated rings. The van der Waals surface area contributed by atoms with Crippen LogP contribution in [0.5, 0.6) is 0 Å². The number of rotatable bonds is 4. The molecule has 0 radical (unpaired) electrons. The number of nitrogens with zero attached hydrogens (tertiary/aromatic N) is 6. The van der Waals surface area contributed by atoms with Gasteiger partial charge in [0, 0.05) is 32.8 Å². The summed E-state index contributed by atoms with van der Waals surface area (Å²) in [4.78, 5) is 22.0. The van der Waals surface area contributed by atoms with Crippen LogP contribution in [0, 0.1) is 0 Å². The minimum atomic E-state index is -4.46. The lowest BCUT2D eigenvalue weighted by molar-refractivity contribution is -0.141. The monoisotopic (exact) mass is 469 g/mol. The topological polar surface area (TPSA) is 117 Å². The van der Waals surface area contributed by atoms with Crippen LogP contribution in [0.2, 0.25) is 0 Å². The standard InChI is InChI=1S/C10H12F3N3O.C10H14N4O2/c11-10(12,13)8-4-14-5-9(16-8)15-7-2-1-3-17-6-7;1-13-4-6-14(7-5-13)9-3-2-8(10(15)16)11-12-9/h4-5,7H,1-3,6H2,(H,15,16);2-3H,4-7H2,1H3,(H,15,16). The van der Waals surface area contributed by atoms with Crippen molar-refractivity contribution in [1.82, 2.24) is 25.1 Å². The average molecular weight is 469 g/mol. The quantitative estimate of drug-likeness (QED) is 0.689. The molecule has 4 heterocycles. The number of hydrogen-bond acceptors (Lipinski definition) is 9. The van der Waals surface area contributed by atoms with E-state index in [0.717, 1.165) is 44.8 Å². The molecule has 2 aliphatic rings. The molecule has 2 saturated heterocycles. The fourth-order valence-electron chi connectivity index (χ4n) is 3.28. The summed E-state index contributed by atoms with van der Waals surface area (Å²) in [5, 5.41) is 19.2. The number of aromatic carboxylic acids is 1. The van der Waals surface area contributed by atoms with Gasteiger partial charge < -0.3 is 25.0 Å². The first-order valence-corrected chi connectivity index (χ1v) is 10.5. The summed E-state index contributed by atoms with van der Waals surface area (Å²) < 4.78 is 42.4. The Labute approximate surface area is 188 Å². The Bertz CT molecular complexity index is 901. The summed E-state index contributed by atoms with van der Waals surface area (Å²) in [6.45, 7) is 4.96. The van der Waals surface area contributed by atoms with Crippen molar-refractivity contribution in [3.8, 4) is 0 Å². The van der Waals surface area contributed by atoms with Gasteiger partial charge in [-0.15, -0.1) is 10.2 Å². The largest absolute Gasteiger partial charge is 0.476 e. The molecule has 10 nitrogen and oxygen atoms in total. The zero-order valence-electron chi connectivity index (χ0n) is 18.1. The van der Waals surface area contributed by atoms with E-state index in [2.05, 4.69) is 42.3 Å². The summed E-state index contributed by atoms with van der Waals surface area (Å²) in [6, 6.07) is 3.20. The molecule has 4 rings (SSSR count). The molecule has 0 amide bonds. The van der Waals surface area contributed by atoms with Crippen molar-refractivity contribution >= 4 is 17.6 Å². The second kappa shape index (κ2) is 11.2. The van der Waals surface area contributed by atoms with Gasteiger partial charge in [-0.25, -0.2) is 9.78 Å². The van der Waals surface area contributed by atoms with Crippen molar-refractivity contribution in [3.63, 3.8) is 0 Å². The van der Waals surface area contributed by atoms with E-state index in [4.69, 9.17) is 9.84 Å². The van der Waals surface area contributed by atoms with Gasteiger partial charge in [0.1, 0.15) is 5.82 Å². The third-order valence-corrected chi connectivity index (χ3v) is 5.13. The SMILES string of the molecule is CN1CCN(c2ccc(C(=O)O)nn2)CC1.FC(F)(F)c1cncc(NC2CCCOC2)n1. The minimum absolute atomic E-state index is 0.00142. The van der Waals surface area contributed by atoms with Gasteiger partial charge in [-0.3, -0.25) is 4.98 Å². The van der Waals surface area contributed by atoms with E-state index < -0.39 is 17.8 Å². The van der Waals surface area contributed by atoms with Crippen LogP contribution in [-0.4, -0.2) is 88.6 Å². The van der Waals surface area contributed by atoms with Gasteiger partial charge in [0.25, 0.3) is 0 Å². The molecule has 0 bridgehead atoms. The highest BCUT2D eigenvalue weighted by atomic mass is 19.4. The van der Waals surface area contributed by atoms with Gasteiger partial charge >= 0.3 is 12.1 Å². The maximum absolute atomic E-state index is 12.4. The number of ether oxygens (including phenoxy) is 1. The zero-order chi connectivity index (χ0) is 23.8. The molecule has 2 N–H and O–H groups in total. The van der Waals surface area contributed by atoms with Crippen molar-refractivity contribution in [2.75, 3.05) is 56.7 Å². The van der Waals surface area contributed by atoms with Crippen LogP contribution >= 0.6 is 0 Å². The lowest BCUT2D eigenvalue weighted by Gasteiger charge is -2.32. The lowest BCUT2D eigenvalue weighted by atomic mass is 10.1. The van der Waals surface area contributed by atoms with Gasteiger partial charge in [-0.1, -0.05) is 0 Å². The van der Waals surface area contributed by atoms with Crippen LogP contribution in [0.4, 0.5) is 24.8 Å². The fraction of sp³-hybridized carbons (Fsp3) is 0.550. The number of aromatic nitrogens is 4. The molecule has 180 valence electrons. The van der Waals surface area contributed by atoms with Crippen molar-refractivity contribution in [1.29, 1.82) is 0 Å². The van der Waals surface area contributed by atoms with E-state index in [1.54, 1.807) is 6.07 Å². The number of anilines is 2. The molecule has 0 saturated carbocycles. The van der Waals surface area contributed by atoms with Gasteiger partial charge in [0.05, 0.1) is 25.0 Å². The summed E-state index contributed by atoms with van der Waals surface area (Å²) in [6.07, 6.45) is -0.720. The number of likely N-dealkylation sites (N-methyl/N-ethyl adjacent to an activating group) is 1. The second-order valence-electron chi connectivity index (χ2n) is 7.72. The van der Waals surface area contributed by atoms with Gasteiger partial charge in [-0.2, -0.15) is 13.2 Å². The van der Waals surface area contributed by atoms with Crippen molar-refractivity contribution < 1.29 is 27.8 Å². The van der Waals surface area contributed by atoms with Gasteiger partial charge in [-0.05, 0) is 32.0 Å². The van der Waals surface area contributed by atoms with Crippen molar-refractivity contribution in [3.05, 3.63) is 35.9 Å². The van der Waals surface area contributed by atoms with Crippen molar-refractivity contribution in [2.45, 2.75) is 25.1 Å². The molecule has 2 aliphatic heterocycles. The first-order chi connectivity index (χ1) is 15.7. The normalized spacial score (nSPS) is 19.4. The molecule has 13 heteroatoms. The summed E-state index contributed by atoms with van der Waals surface area (Å²) >= 11 is 0. The highest BCUT2D eigenvalue weighted by Crippen LogP contribution is 2.27. The van der Waals surface area contributed by atoms with Gasteiger partial charge in [0.15, 0.2) is 17.2 Å². The Balaban J connectivity index is 0.000000186. The third kappa shape index (κ3) is 7.49. The van der Waals surface area contributed by atoms with Crippen LogP contribution in [0.3, 0.4) is 0 Å². The number of carboxylic acid groups (broad SMARTS) is 1. The predicted molar refractivity (Wildman–Crippen MR) is 113 cm³/mol. The van der Waals surface area contributed by atoms with E-state index in [1.807, 2.05) is 0 Å². The van der Waals surface area contributed by atoms with E-state index in [0.29, 0.717) is 19.4 Å². The highest BCUT2D eigenvalue weighted by Gasteiger charge is 2.33. The smallest absolute Gasteiger partial charge is 0.434 e. The Kier molecular flexibility index (Phi) is 8.33. The molecule has 0 aliphatic carbocycles. The molecular formula is C20H26F3N7O3. The number of alkyl halides is 3. The average Bonchev–Trinajstić information content (AvgIpc) is 2.80.